The van der Waals surface area contributed by atoms with Crippen LogP contribution in [-0.2, 0) is 6.67 Å². The lowest BCUT2D eigenvalue weighted by atomic mass is 10.6. The number of rotatable bonds is 3. The molecule has 13 heavy (non-hydrogen) atoms. The number of nitrogens with zero attached hydrogens (tertiary/aromatic N) is 3. The quantitative estimate of drug-likeness (QED) is 0.684. The fraction of sp³-hybridized carbons (Fsp3) is 0.556. The summed E-state index contributed by atoms with van der Waals surface area (Å²) < 4.78 is 2.66. The van der Waals surface area contributed by atoms with Crippen molar-refractivity contribution in [2.45, 2.75) is 25.6 Å². The van der Waals surface area contributed by atoms with Crippen LogP contribution in [-0.4, -0.2) is 27.5 Å². The Morgan fingerprint density at radius 1 is 1.69 bits per heavy atom. The van der Waals surface area contributed by atoms with Crippen molar-refractivity contribution in [1.82, 2.24) is 14.5 Å². The Hall–Kier alpha value is -0.740. The van der Waals surface area contributed by atoms with E-state index in [1.165, 1.54) is 12.8 Å². The first-order valence-electron chi connectivity index (χ1n) is 4.49. The fourth-order valence-corrected chi connectivity index (χ4v) is 1.55. The average Bonchev–Trinajstić information content (AvgIpc) is 2.91. The van der Waals surface area contributed by atoms with Crippen LogP contribution >= 0.6 is 12.2 Å². The van der Waals surface area contributed by atoms with E-state index in [1.807, 2.05) is 16.8 Å². The second-order valence-corrected chi connectivity index (χ2v) is 3.87. The van der Waals surface area contributed by atoms with Crippen LogP contribution in [0.25, 0.3) is 0 Å². The van der Waals surface area contributed by atoms with Gasteiger partial charge in [-0.25, -0.2) is 4.98 Å². The molecular formula is C9H13N3S. The molecule has 0 unspecified atom stereocenters. The molecule has 1 saturated carbocycles. The minimum atomic E-state index is 0.662. The molecule has 0 bridgehead atoms. The zero-order valence-electron chi connectivity index (χ0n) is 7.68. The molecule has 70 valence electrons. The van der Waals surface area contributed by atoms with E-state index in [2.05, 4.69) is 16.9 Å². The molecule has 1 fully saturated rings. The number of hydrogen-bond donors (Lipinski definition) is 0. The van der Waals surface area contributed by atoms with Gasteiger partial charge in [0, 0.05) is 18.4 Å². The summed E-state index contributed by atoms with van der Waals surface area (Å²) in [6, 6.07) is 2.68. The number of hydrogen-bond acceptors (Lipinski definition) is 3. The van der Waals surface area contributed by atoms with E-state index in [1.54, 1.807) is 6.20 Å². The molecule has 0 aliphatic heterocycles. The van der Waals surface area contributed by atoms with E-state index in [9.17, 15) is 0 Å². The molecule has 0 radical (unpaired) electrons. The molecule has 3 nitrogen and oxygen atoms in total. The first-order valence-corrected chi connectivity index (χ1v) is 4.90. The van der Waals surface area contributed by atoms with Gasteiger partial charge in [-0.2, -0.15) is 0 Å². The monoisotopic (exact) mass is 195 g/mol. The minimum Gasteiger partial charge on any atom is -0.310 e. The summed E-state index contributed by atoms with van der Waals surface area (Å²) in [6.07, 6.45) is 6.36. The molecule has 0 aromatic carbocycles. The topological polar surface area (TPSA) is 21.1 Å². The Balaban J connectivity index is 2.08. The van der Waals surface area contributed by atoms with E-state index in [0.29, 0.717) is 4.77 Å². The van der Waals surface area contributed by atoms with E-state index in [-0.39, 0.29) is 0 Å². The molecule has 0 amide bonds. The Morgan fingerprint density at radius 2 is 2.46 bits per heavy atom. The summed E-state index contributed by atoms with van der Waals surface area (Å²) in [7, 11) is 2.13. The summed E-state index contributed by atoms with van der Waals surface area (Å²) in [5.74, 6) is 0. The van der Waals surface area contributed by atoms with Gasteiger partial charge in [-0.3, -0.25) is 4.90 Å². The maximum atomic E-state index is 5.10. The van der Waals surface area contributed by atoms with Crippen molar-refractivity contribution < 1.29 is 0 Å². The highest BCUT2D eigenvalue weighted by Crippen LogP contribution is 2.25. The highest BCUT2D eigenvalue weighted by atomic mass is 32.1. The van der Waals surface area contributed by atoms with E-state index >= 15 is 0 Å². The predicted octanol–water partition coefficient (Wildman–Crippen LogP) is 1.66. The third-order valence-electron chi connectivity index (χ3n) is 2.33. The number of aromatic nitrogens is 2. The highest BCUT2D eigenvalue weighted by Gasteiger charge is 2.25. The molecule has 0 spiro atoms. The van der Waals surface area contributed by atoms with Crippen LogP contribution in [0.4, 0.5) is 0 Å². The lowest BCUT2D eigenvalue weighted by molar-refractivity contribution is 0.255. The van der Waals surface area contributed by atoms with Gasteiger partial charge in [0.25, 0.3) is 0 Å². The maximum absolute atomic E-state index is 5.10. The lowest BCUT2D eigenvalue weighted by Gasteiger charge is -2.17. The third kappa shape index (κ3) is 2.14. The van der Waals surface area contributed by atoms with Gasteiger partial charge in [-0.1, -0.05) is 0 Å². The van der Waals surface area contributed by atoms with Crippen LogP contribution in [0.1, 0.15) is 12.8 Å². The van der Waals surface area contributed by atoms with Crippen LogP contribution in [0.5, 0.6) is 0 Å². The van der Waals surface area contributed by atoms with Gasteiger partial charge in [-0.15, -0.1) is 0 Å². The van der Waals surface area contributed by atoms with Crippen LogP contribution in [0.2, 0.25) is 0 Å². The zero-order chi connectivity index (χ0) is 9.26. The van der Waals surface area contributed by atoms with Gasteiger partial charge in [0.1, 0.15) is 0 Å². The van der Waals surface area contributed by atoms with Crippen LogP contribution in [0.3, 0.4) is 0 Å². The molecule has 1 aliphatic carbocycles. The normalized spacial score (nSPS) is 16.5. The van der Waals surface area contributed by atoms with Crippen molar-refractivity contribution in [2.75, 3.05) is 7.05 Å². The van der Waals surface area contributed by atoms with Gasteiger partial charge in [0.05, 0.1) is 6.67 Å². The van der Waals surface area contributed by atoms with Gasteiger partial charge in [0.2, 0.25) is 4.77 Å². The van der Waals surface area contributed by atoms with E-state index < -0.39 is 0 Å². The Kier molecular flexibility index (Phi) is 2.42. The standard InChI is InChI=1S/C9H13N3S/c1-11(8-3-4-8)7-12-6-2-5-10-9(12)13/h2,5-6,8H,3-4,7H2,1H3. The van der Waals surface area contributed by atoms with E-state index in [0.717, 1.165) is 12.7 Å². The third-order valence-corrected chi connectivity index (χ3v) is 2.67. The second kappa shape index (κ2) is 3.55. The summed E-state index contributed by atoms with van der Waals surface area (Å²) in [5.41, 5.74) is 0. The van der Waals surface area contributed by atoms with Crippen molar-refractivity contribution in [3.8, 4) is 0 Å². The molecule has 0 saturated heterocycles. The molecule has 0 N–H and O–H groups in total. The van der Waals surface area contributed by atoms with Gasteiger partial charge >= 0.3 is 0 Å². The molecule has 1 heterocycles. The SMILES string of the molecule is CN(Cn1cccnc1=S)C1CC1. The van der Waals surface area contributed by atoms with Gasteiger partial charge in [-0.05, 0) is 38.2 Å². The first kappa shape index (κ1) is 8.84. The van der Waals surface area contributed by atoms with Crippen molar-refractivity contribution in [1.29, 1.82) is 0 Å². The van der Waals surface area contributed by atoms with Crippen molar-refractivity contribution in [2.24, 2.45) is 0 Å². The lowest BCUT2D eigenvalue weighted by Crippen LogP contribution is -2.24. The Labute approximate surface area is 83.0 Å². The Bertz CT molecular complexity index is 343. The van der Waals surface area contributed by atoms with Crippen molar-refractivity contribution in [3.63, 3.8) is 0 Å². The van der Waals surface area contributed by atoms with Crippen LogP contribution < -0.4 is 0 Å². The van der Waals surface area contributed by atoms with Gasteiger partial charge < -0.3 is 4.57 Å². The summed E-state index contributed by atoms with van der Waals surface area (Å²) in [6.45, 7) is 0.858. The molecule has 1 aromatic rings. The molecule has 4 heteroatoms. The molecule has 2 rings (SSSR count). The molecular weight excluding hydrogens is 182 g/mol. The van der Waals surface area contributed by atoms with Crippen molar-refractivity contribution >= 4 is 12.2 Å². The average molecular weight is 195 g/mol. The molecule has 0 atom stereocenters. The van der Waals surface area contributed by atoms with Crippen LogP contribution in [0.15, 0.2) is 18.5 Å². The predicted molar refractivity (Wildman–Crippen MR) is 53.8 cm³/mol. The Morgan fingerprint density at radius 3 is 3.08 bits per heavy atom. The second-order valence-electron chi connectivity index (χ2n) is 3.50. The summed E-state index contributed by atoms with van der Waals surface area (Å²) in [4.78, 5) is 6.38. The maximum Gasteiger partial charge on any atom is 0.200 e. The minimum absolute atomic E-state index is 0.662. The zero-order valence-corrected chi connectivity index (χ0v) is 8.50. The largest absolute Gasteiger partial charge is 0.310 e. The first-order chi connectivity index (χ1) is 6.27. The van der Waals surface area contributed by atoms with Crippen LogP contribution in [0, 0.1) is 4.77 Å². The summed E-state index contributed by atoms with van der Waals surface area (Å²) in [5, 5.41) is 0. The smallest absolute Gasteiger partial charge is 0.200 e. The molecule has 1 aliphatic rings. The van der Waals surface area contributed by atoms with E-state index in [4.69, 9.17) is 12.2 Å². The fourth-order valence-electron chi connectivity index (χ4n) is 1.37. The van der Waals surface area contributed by atoms with Gasteiger partial charge in [0.15, 0.2) is 0 Å². The highest BCUT2D eigenvalue weighted by molar-refractivity contribution is 7.71. The molecule has 1 aromatic heterocycles. The summed E-state index contributed by atoms with van der Waals surface area (Å²) >= 11 is 5.10. The van der Waals surface area contributed by atoms with Crippen molar-refractivity contribution in [3.05, 3.63) is 23.2 Å².